The first-order valence-electron chi connectivity index (χ1n) is 2.26. The summed E-state index contributed by atoms with van der Waals surface area (Å²) in [6, 6.07) is 0. The number of hydrogen-bond acceptors (Lipinski definition) is 5. The molecule has 0 heterocycles. The van der Waals surface area contributed by atoms with Crippen LogP contribution in [0.4, 0.5) is 0 Å². The Morgan fingerprint density at radius 3 is 2.89 bits per heavy atom. The predicted octanol–water partition coefficient (Wildman–Crippen LogP) is -0.566. The molecule has 0 rings (SSSR count). The Morgan fingerprint density at radius 2 is 2.44 bits per heavy atom. The van der Waals surface area contributed by atoms with Gasteiger partial charge in [0.05, 0.1) is 13.2 Å². The lowest BCUT2D eigenvalue weighted by atomic mass is 10.8. The van der Waals surface area contributed by atoms with Crippen molar-refractivity contribution in [1.82, 2.24) is 0 Å². The highest BCUT2D eigenvalue weighted by molar-refractivity contribution is 4.11. The van der Waals surface area contributed by atoms with Gasteiger partial charge in [-0.15, -0.1) is 0 Å². The maximum atomic E-state index is 10.1. The average molecular weight is 136 g/mol. The van der Waals surface area contributed by atoms with Crippen molar-refractivity contribution >= 4 is 0 Å². The highest BCUT2D eigenvalue weighted by atomic mass is 16.9. The van der Waals surface area contributed by atoms with Gasteiger partial charge in [-0.2, -0.15) is 0 Å². The largest absolute Gasteiger partial charge is 0.395 e. The van der Waals surface area contributed by atoms with Gasteiger partial charge in [-0.3, -0.25) is 0 Å². The maximum Gasteiger partial charge on any atom is 0.257 e. The van der Waals surface area contributed by atoms with E-state index < -0.39 is 0 Å². The van der Waals surface area contributed by atoms with Crippen LogP contribution in [0.15, 0.2) is 5.28 Å². The molecule has 0 atom stereocenters. The Labute approximate surface area is 51.8 Å². The molecule has 0 unspecified atom stereocenters. The van der Waals surface area contributed by atoms with Crippen LogP contribution in [0.2, 0.25) is 0 Å². The summed E-state index contributed by atoms with van der Waals surface area (Å²) in [5, 5.41) is 20.9. The molecular weight excluding hydrogens is 128 g/mol. The monoisotopic (exact) mass is 136 g/mol. The molecule has 0 bridgehead atoms. The quantitative estimate of drug-likeness (QED) is 0.415. The topological polar surface area (TPSA) is 77.1 Å². The summed E-state index contributed by atoms with van der Waals surface area (Å²) in [4.78, 5) is 8.20. The Bertz CT molecular complexity index is 93.8. The zero-order chi connectivity index (χ0) is 7.11. The van der Waals surface area contributed by atoms with Crippen molar-refractivity contribution in [2.45, 2.75) is 0 Å². The van der Waals surface area contributed by atoms with E-state index in [0.29, 0.717) is 0 Å². The van der Waals surface area contributed by atoms with E-state index in [1.54, 1.807) is 0 Å². The summed E-state index contributed by atoms with van der Waals surface area (Å²) >= 11 is 0. The Balaban J connectivity index is 3.25. The number of aliphatic hydroxyl groups is 1. The highest BCUT2D eigenvalue weighted by Gasteiger charge is 1.90. The molecular formula is C3H8N2O4. The minimum atomic E-state index is -0.224. The van der Waals surface area contributed by atoms with E-state index in [9.17, 15) is 5.21 Å². The highest BCUT2D eigenvalue weighted by Crippen LogP contribution is 1.77. The number of aliphatic hydroxyl groups excluding tert-OH is 1. The fourth-order valence-electron chi connectivity index (χ4n) is 0.209. The van der Waals surface area contributed by atoms with Crippen LogP contribution in [-0.4, -0.2) is 30.5 Å². The molecule has 0 saturated heterocycles. The molecule has 9 heavy (non-hydrogen) atoms. The third-order valence-corrected chi connectivity index (χ3v) is 0.441. The van der Waals surface area contributed by atoms with E-state index in [1.165, 1.54) is 7.11 Å². The molecule has 54 valence electrons. The molecule has 0 aliphatic rings. The lowest BCUT2D eigenvalue weighted by Gasteiger charge is -1.96. The van der Waals surface area contributed by atoms with Gasteiger partial charge >= 0.3 is 0 Å². The van der Waals surface area contributed by atoms with Crippen LogP contribution < -0.4 is 0 Å². The molecule has 6 heteroatoms. The fraction of sp³-hybridized carbons (Fsp3) is 1.00. The second kappa shape index (κ2) is 5.10. The summed E-state index contributed by atoms with van der Waals surface area (Å²) in [5.74, 6) is 0. The molecule has 0 aromatic heterocycles. The van der Waals surface area contributed by atoms with Crippen molar-refractivity contribution in [1.29, 1.82) is 0 Å². The first kappa shape index (κ1) is 7.96. The van der Waals surface area contributed by atoms with Gasteiger partial charge < -0.3 is 14.8 Å². The van der Waals surface area contributed by atoms with Crippen LogP contribution in [0.5, 0.6) is 0 Å². The average Bonchev–Trinajstić information content (AvgIpc) is 1.85. The SMILES string of the molecule is CON=[N+]([O-])OCCO. The van der Waals surface area contributed by atoms with Crippen LogP contribution in [0, 0.1) is 5.21 Å². The first-order valence-corrected chi connectivity index (χ1v) is 2.26. The molecule has 0 saturated carbocycles. The van der Waals surface area contributed by atoms with Gasteiger partial charge in [0, 0.05) is 0 Å². The minimum Gasteiger partial charge on any atom is -0.395 e. The van der Waals surface area contributed by atoms with Gasteiger partial charge in [0.15, 0.2) is 0 Å². The number of hydrogen-bond donors (Lipinski definition) is 1. The smallest absolute Gasteiger partial charge is 0.257 e. The van der Waals surface area contributed by atoms with Crippen molar-refractivity contribution in [2.24, 2.45) is 5.28 Å². The molecule has 0 aliphatic carbocycles. The standard InChI is InChI=1S/C3H8N2O4/c1-8-4-5(7)9-3-2-6/h6H,2-3H2,1H3. The zero-order valence-electron chi connectivity index (χ0n) is 4.98. The van der Waals surface area contributed by atoms with Crippen LogP contribution in [0.3, 0.4) is 0 Å². The van der Waals surface area contributed by atoms with Crippen LogP contribution >= 0.6 is 0 Å². The van der Waals surface area contributed by atoms with Crippen molar-refractivity contribution in [2.75, 3.05) is 20.3 Å². The van der Waals surface area contributed by atoms with Gasteiger partial charge in [-0.25, -0.2) is 5.21 Å². The molecule has 0 aromatic carbocycles. The third kappa shape index (κ3) is 4.82. The minimum absolute atomic E-state index is 0.0869. The molecule has 0 spiro atoms. The van der Waals surface area contributed by atoms with Crippen molar-refractivity contribution in [3.05, 3.63) is 5.21 Å². The summed E-state index contributed by atoms with van der Waals surface area (Å²) < 4.78 is 0. The van der Waals surface area contributed by atoms with Gasteiger partial charge in [-0.1, -0.05) is 0 Å². The normalized spacial score (nSPS) is 11.1. The molecule has 0 radical (unpaired) electrons. The van der Waals surface area contributed by atoms with Gasteiger partial charge in [0.25, 0.3) is 5.28 Å². The van der Waals surface area contributed by atoms with Gasteiger partial charge in [0.1, 0.15) is 7.11 Å². The predicted molar refractivity (Wildman–Crippen MR) is 26.1 cm³/mol. The van der Waals surface area contributed by atoms with Gasteiger partial charge in [0.2, 0.25) is 5.02 Å². The zero-order valence-corrected chi connectivity index (χ0v) is 4.98. The van der Waals surface area contributed by atoms with Gasteiger partial charge in [-0.05, 0) is 0 Å². The molecule has 1 N–H and O–H groups in total. The Kier molecular flexibility index (Phi) is 4.51. The van der Waals surface area contributed by atoms with Crippen molar-refractivity contribution < 1.29 is 19.8 Å². The van der Waals surface area contributed by atoms with E-state index >= 15 is 0 Å². The summed E-state index contributed by atoms with van der Waals surface area (Å²) in [6.45, 7) is -0.311. The fourth-order valence-corrected chi connectivity index (χ4v) is 0.209. The Morgan fingerprint density at radius 1 is 1.78 bits per heavy atom. The van der Waals surface area contributed by atoms with E-state index in [1.807, 2.05) is 0 Å². The Hall–Kier alpha value is -1.04. The summed E-state index contributed by atoms with van der Waals surface area (Å²) in [5.41, 5.74) is 0. The van der Waals surface area contributed by atoms with E-state index in [0.717, 1.165) is 0 Å². The molecule has 6 nitrogen and oxygen atoms in total. The van der Waals surface area contributed by atoms with Crippen LogP contribution in [-0.2, 0) is 9.68 Å². The maximum absolute atomic E-state index is 10.1. The molecule has 0 amide bonds. The van der Waals surface area contributed by atoms with E-state index in [2.05, 4.69) is 15.0 Å². The first-order chi connectivity index (χ1) is 4.31. The molecule has 0 fully saturated rings. The van der Waals surface area contributed by atoms with E-state index in [4.69, 9.17) is 5.11 Å². The van der Waals surface area contributed by atoms with Crippen LogP contribution in [0.25, 0.3) is 0 Å². The number of rotatable bonds is 4. The summed E-state index contributed by atoms with van der Waals surface area (Å²) in [6.07, 6.45) is 0. The number of nitrogens with zero attached hydrogens (tertiary/aromatic N) is 2. The molecule has 0 aliphatic heterocycles. The summed E-state index contributed by atoms with van der Waals surface area (Å²) in [7, 11) is 1.22. The molecule has 0 aromatic rings. The van der Waals surface area contributed by atoms with Crippen molar-refractivity contribution in [3.63, 3.8) is 0 Å². The lowest BCUT2D eigenvalue weighted by Crippen LogP contribution is -2.06. The lowest BCUT2D eigenvalue weighted by molar-refractivity contribution is -0.804. The van der Waals surface area contributed by atoms with Crippen LogP contribution in [0.1, 0.15) is 0 Å². The second-order valence-corrected chi connectivity index (χ2v) is 1.06. The van der Waals surface area contributed by atoms with Crippen molar-refractivity contribution in [3.8, 4) is 0 Å². The van der Waals surface area contributed by atoms with E-state index in [-0.39, 0.29) is 18.2 Å². The second-order valence-electron chi connectivity index (χ2n) is 1.06. The third-order valence-electron chi connectivity index (χ3n) is 0.441.